The van der Waals surface area contributed by atoms with Gasteiger partial charge in [-0.15, -0.1) is 9.46 Å². The van der Waals surface area contributed by atoms with E-state index in [9.17, 15) is 65.5 Å². The summed E-state index contributed by atoms with van der Waals surface area (Å²) in [4.78, 5) is 63.4. The standard InChI is InChI=1S/C67H92N6O16S2/c1-66-42-22-12-18-30-58(74)68-44-24-9-7-5-3-4-6-8-10-25-45-69-59(75)31-19-13-23-43-67(2)53-49-51(91(85,86)87)35-37-55(53)71(47-27-15-21-33-65(81)89-73-62(78)40-41-63(73)79)57(67)29-17-11-16-28-56(66)70(54-36-34-50(48-52(54)66)90(82,83)84)46-26-14-20-32-64(80)88-72-60(76)38-39-61(72)77/h11,16-17,28-29,34-41,48-49H,3-10,12-15,18-27,30-33,42-47H2,1-2H3,(H7-,68,69,74,75,76,77,78,79,82,83,84,85,86,87)/p+1. The zero-order valence-corrected chi connectivity index (χ0v) is 54.3. The first-order valence-corrected chi connectivity index (χ1v) is 35.3. The van der Waals surface area contributed by atoms with Crippen LogP contribution < -0.4 is 25.2 Å². The van der Waals surface area contributed by atoms with Crippen LogP contribution in [0.25, 0.3) is 0 Å². The summed E-state index contributed by atoms with van der Waals surface area (Å²) in [5.41, 5.74) is 2.93. The zero-order valence-electron chi connectivity index (χ0n) is 52.7. The summed E-state index contributed by atoms with van der Waals surface area (Å²) in [5.74, 6) is -3.04. The highest BCUT2D eigenvalue weighted by atomic mass is 32.2. The van der Waals surface area contributed by atoms with Gasteiger partial charge in [0.1, 0.15) is 6.54 Å². The Balaban J connectivity index is 1.19. The Hall–Kier alpha value is -7.41. The lowest BCUT2D eigenvalue weighted by Gasteiger charge is -2.30. The Morgan fingerprint density at radius 2 is 1.00 bits per heavy atom. The second kappa shape index (κ2) is 33.8. The summed E-state index contributed by atoms with van der Waals surface area (Å²) < 4.78 is 75.2. The van der Waals surface area contributed by atoms with Gasteiger partial charge in [-0.25, -0.2) is 9.59 Å². The number of benzene rings is 2. The van der Waals surface area contributed by atoms with Crippen molar-refractivity contribution in [2.75, 3.05) is 31.1 Å². The third-order valence-corrected chi connectivity index (χ3v) is 19.4. The van der Waals surface area contributed by atoms with Crippen LogP contribution in [-0.2, 0) is 50.2 Å². The van der Waals surface area contributed by atoms with Gasteiger partial charge in [0.15, 0.2) is 5.71 Å². The van der Waals surface area contributed by atoms with Gasteiger partial charge in [-0.3, -0.25) is 18.7 Å². The van der Waals surface area contributed by atoms with Crippen LogP contribution in [0.5, 0.6) is 23.5 Å². The molecule has 0 saturated carbocycles. The number of unbranched alkanes of at least 4 members (excludes halogenated alkanes) is 4. The minimum Gasteiger partial charge on any atom is -0.492 e. The molecule has 3 aliphatic rings. The van der Waals surface area contributed by atoms with E-state index in [1.807, 2.05) is 44.2 Å². The molecule has 0 fully saturated rings. The Labute approximate surface area is 535 Å². The molecule has 4 aromatic rings. The molecule has 3 aliphatic heterocycles. The lowest BCUT2D eigenvalue weighted by atomic mass is 9.75. The van der Waals surface area contributed by atoms with Crippen molar-refractivity contribution in [3.8, 4) is 23.5 Å². The van der Waals surface area contributed by atoms with Crippen molar-refractivity contribution < 1.29 is 79.8 Å². The number of nitrogens with zero attached hydrogens (tertiary/aromatic N) is 4. The maximum absolute atomic E-state index is 13.0. The first kappa shape index (κ1) is 71.0. The quantitative estimate of drug-likeness (QED) is 0.0294. The molecule has 7 rings (SSSR count). The van der Waals surface area contributed by atoms with Gasteiger partial charge in [-0.05, 0) is 120 Å². The van der Waals surface area contributed by atoms with Crippen molar-refractivity contribution in [3.63, 3.8) is 0 Å². The number of carbonyl (C=O) groups is 4. The number of amides is 2. The lowest BCUT2D eigenvalue weighted by Crippen LogP contribution is -2.31. The normalized spacial score (nSPS) is 20.2. The van der Waals surface area contributed by atoms with Crippen LogP contribution in [0.3, 0.4) is 0 Å². The number of rotatable bonds is 16. The molecule has 498 valence electrons. The van der Waals surface area contributed by atoms with Gasteiger partial charge in [0, 0.05) is 111 Å². The maximum Gasteiger partial charge on any atom is 0.333 e. The first-order valence-electron chi connectivity index (χ1n) is 32.4. The number of fused-ring (bicyclic) bond motifs is 6. The van der Waals surface area contributed by atoms with Crippen molar-refractivity contribution in [2.24, 2.45) is 0 Å². The molecular formula is C67H93N6O16S2+. The topological polar surface area (TPSA) is 317 Å². The molecule has 24 heteroatoms. The Morgan fingerprint density at radius 3 is 1.52 bits per heavy atom. The van der Waals surface area contributed by atoms with E-state index in [4.69, 9.17) is 9.68 Å². The minimum atomic E-state index is -4.62. The number of nitrogens with one attached hydrogen (secondary N) is 2. The fourth-order valence-electron chi connectivity index (χ4n) is 12.6. The minimum absolute atomic E-state index is 0.00202. The molecule has 0 spiro atoms. The van der Waals surface area contributed by atoms with Crippen LogP contribution >= 0.6 is 0 Å². The fraction of sp³-hybridized carbons (Fsp3) is 0.537. The molecule has 0 aliphatic carbocycles. The van der Waals surface area contributed by atoms with Gasteiger partial charge in [0.05, 0.1) is 15.2 Å². The summed E-state index contributed by atoms with van der Waals surface area (Å²) >= 11 is 0. The molecule has 0 bridgehead atoms. The number of carbonyl (C=O) groups excluding carboxylic acids is 4. The number of hydrogen-bond donors (Lipinski definition) is 8. The molecule has 0 radical (unpaired) electrons. The Kier molecular flexibility index (Phi) is 26.4. The number of allylic oxidation sites excluding steroid dienone is 6. The van der Waals surface area contributed by atoms with E-state index < -0.39 is 66.5 Å². The van der Waals surface area contributed by atoms with E-state index in [-0.39, 0.29) is 34.4 Å². The number of hydrogen-bond acceptors (Lipinski definition) is 15. The van der Waals surface area contributed by atoms with Gasteiger partial charge in [-0.2, -0.15) is 21.4 Å². The predicted octanol–water partition coefficient (Wildman–Crippen LogP) is 11.2. The van der Waals surface area contributed by atoms with E-state index >= 15 is 0 Å². The summed E-state index contributed by atoms with van der Waals surface area (Å²) in [6.45, 7) is 6.23. The molecular weight excluding hydrogens is 1210 g/mol. The van der Waals surface area contributed by atoms with Gasteiger partial charge in [-0.1, -0.05) is 102 Å². The van der Waals surface area contributed by atoms with Gasteiger partial charge in [0.25, 0.3) is 20.2 Å². The molecule has 2 atom stereocenters. The molecule has 5 heterocycles. The van der Waals surface area contributed by atoms with Crippen molar-refractivity contribution >= 4 is 61.1 Å². The van der Waals surface area contributed by atoms with Gasteiger partial charge >= 0.3 is 11.9 Å². The van der Waals surface area contributed by atoms with E-state index in [0.717, 1.165) is 74.2 Å². The molecule has 0 saturated heterocycles. The SMILES string of the molecule is CC12CCCCCC(=O)NCCCCCCCCCCCCNC(=O)CCCCCC3(C)C(=[N+](CCCCCC(=O)On4c(O)ccc4O)c4ccc(S(=O)(=O)O)cc43)C=CC=CC=C1N(CCCCCC(=O)On1c(O)ccc1O)c1ccc(S(=O)(=O)O)cc12. The molecule has 2 aromatic carbocycles. The highest BCUT2D eigenvalue weighted by molar-refractivity contribution is 7.86. The van der Waals surface area contributed by atoms with Crippen molar-refractivity contribution in [2.45, 2.75) is 214 Å². The Bertz CT molecular complexity index is 3480. The number of anilines is 1. The van der Waals surface area contributed by atoms with E-state index in [1.165, 1.54) is 61.4 Å². The molecule has 2 unspecified atom stereocenters. The van der Waals surface area contributed by atoms with Gasteiger partial charge < -0.3 is 45.6 Å². The van der Waals surface area contributed by atoms with Crippen LogP contribution in [0.4, 0.5) is 11.4 Å². The van der Waals surface area contributed by atoms with Gasteiger partial charge in [0.2, 0.25) is 41.0 Å². The van der Waals surface area contributed by atoms with Crippen LogP contribution in [0.2, 0.25) is 0 Å². The summed E-state index contributed by atoms with van der Waals surface area (Å²) in [5, 5.41) is 46.1. The molecule has 2 amide bonds. The van der Waals surface area contributed by atoms with Crippen LogP contribution in [-0.4, -0.2) is 116 Å². The second-order valence-corrected chi connectivity index (χ2v) is 27.4. The highest BCUT2D eigenvalue weighted by Gasteiger charge is 2.48. The average Bonchev–Trinajstić information content (AvgIpc) is 1.60. The molecule has 22 nitrogen and oxygen atoms in total. The summed E-state index contributed by atoms with van der Waals surface area (Å²) in [7, 11) is -9.24. The molecule has 91 heavy (non-hydrogen) atoms. The summed E-state index contributed by atoms with van der Waals surface area (Å²) in [6.07, 6.45) is 29.4. The third kappa shape index (κ3) is 20.0. The third-order valence-electron chi connectivity index (χ3n) is 17.7. The maximum atomic E-state index is 13.0. The monoisotopic (exact) mass is 1300 g/mol. The average molecular weight is 1300 g/mol. The zero-order chi connectivity index (χ0) is 65.6. The summed E-state index contributed by atoms with van der Waals surface area (Å²) in [6, 6.07) is 14.0. The van der Waals surface area contributed by atoms with Crippen molar-refractivity contribution in [3.05, 3.63) is 108 Å². The smallest absolute Gasteiger partial charge is 0.333 e. The molecule has 2 aromatic heterocycles. The fourth-order valence-corrected chi connectivity index (χ4v) is 13.7. The number of aromatic hydroxyl groups is 4. The van der Waals surface area contributed by atoms with Crippen molar-refractivity contribution in [1.29, 1.82) is 0 Å². The Morgan fingerprint density at radius 1 is 0.538 bits per heavy atom. The largest absolute Gasteiger partial charge is 0.492 e. The van der Waals surface area contributed by atoms with E-state index in [1.54, 1.807) is 12.1 Å². The first-order chi connectivity index (χ1) is 43.5. The molecule has 8 N–H and O–H groups in total. The van der Waals surface area contributed by atoms with E-state index in [0.29, 0.717) is 149 Å². The highest BCUT2D eigenvalue weighted by Crippen LogP contribution is 2.52. The van der Waals surface area contributed by atoms with E-state index in [2.05, 4.69) is 20.1 Å². The van der Waals surface area contributed by atoms with Crippen LogP contribution in [0.15, 0.2) is 107 Å². The lowest BCUT2D eigenvalue weighted by molar-refractivity contribution is -0.438. The predicted molar refractivity (Wildman–Crippen MR) is 345 cm³/mol. The number of aromatic nitrogens is 2. The second-order valence-electron chi connectivity index (χ2n) is 24.5. The van der Waals surface area contributed by atoms with Crippen LogP contribution in [0.1, 0.15) is 205 Å². The van der Waals surface area contributed by atoms with Crippen LogP contribution in [0, 0.1) is 0 Å². The van der Waals surface area contributed by atoms with Crippen molar-refractivity contribution in [1.82, 2.24) is 20.1 Å².